The summed E-state index contributed by atoms with van der Waals surface area (Å²) in [6, 6.07) is 7.20. The van der Waals surface area contributed by atoms with Crippen LogP contribution in [-0.2, 0) is 17.5 Å². The third-order valence-corrected chi connectivity index (χ3v) is 8.45. The molecule has 2 heterocycles. The van der Waals surface area contributed by atoms with Crippen molar-refractivity contribution in [1.29, 1.82) is 0 Å². The molecule has 0 spiro atoms. The monoisotopic (exact) mass is 748 g/mol. The van der Waals surface area contributed by atoms with E-state index in [1.54, 1.807) is 30.9 Å². The molecule has 2 N–H and O–H groups in total. The fourth-order valence-electron chi connectivity index (χ4n) is 5.00. The summed E-state index contributed by atoms with van der Waals surface area (Å²) in [5.41, 5.74) is 8.20. The van der Waals surface area contributed by atoms with E-state index in [1.807, 2.05) is 24.9 Å². The van der Waals surface area contributed by atoms with E-state index in [0.29, 0.717) is 42.6 Å². The van der Waals surface area contributed by atoms with Gasteiger partial charge in [-0.2, -0.15) is 13.2 Å². The summed E-state index contributed by atoms with van der Waals surface area (Å²) >= 11 is 0. The van der Waals surface area contributed by atoms with E-state index in [9.17, 15) is 22.4 Å². The summed E-state index contributed by atoms with van der Waals surface area (Å²) < 4.78 is 70.1. The first kappa shape index (κ1) is 49.0. The van der Waals surface area contributed by atoms with Gasteiger partial charge < -0.3 is 24.8 Å². The average Bonchev–Trinajstić information content (AvgIpc) is 3.14. The number of terminal acetylenes is 1. The summed E-state index contributed by atoms with van der Waals surface area (Å²) in [5.74, 6) is 0.405. The van der Waals surface area contributed by atoms with Crippen molar-refractivity contribution in [3.8, 4) is 12.8 Å². The number of halogens is 5. The van der Waals surface area contributed by atoms with E-state index < -0.39 is 23.6 Å². The number of fused-ring (bicyclic) bond motifs is 1. The number of hydrogen-bond acceptors (Lipinski definition) is 5. The molecule has 1 saturated heterocycles. The number of rotatable bonds is 10. The minimum Gasteiger partial charge on any atom is -0.385 e. The molecule has 4 rings (SSSR count). The maximum Gasteiger partial charge on any atom is 0.416 e. The van der Waals surface area contributed by atoms with Crippen LogP contribution in [0.1, 0.15) is 83.5 Å². The minimum absolute atomic E-state index is 0.201. The minimum atomic E-state index is -4.42. The quantitative estimate of drug-likeness (QED) is 0.0969. The van der Waals surface area contributed by atoms with Crippen LogP contribution in [0.2, 0.25) is 0 Å². The molecule has 1 fully saturated rings. The molecule has 0 aliphatic carbocycles. The topological polar surface area (TPSA) is 63.7 Å². The Morgan fingerprint density at radius 1 is 1.04 bits per heavy atom. The lowest BCUT2D eigenvalue weighted by atomic mass is 10.0. The molecule has 1 atom stereocenters. The summed E-state index contributed by atoms with van der Waals surface area (Å²) in [7, 11) is 4.25. The maximum absolute atomic E-state index is 15.1. The summed E-state index contributed by atoms with van der Waals surface area (Å²) in [6.45, 7) is 16.4. The van der Waals surface area contributed by atoms with Crippen LogP contribution >= 0.6 is 0 Å². The van der Waals surface area contributed by atoms with Crippen molar-refractivity contribution < 1.29 is 26.7 Å². The van der Waals surface area contributed by atoms with Gasteiger partial charge in [0.25, 0.3) is 0 Å². The van der Waals surface area contributed by atoms with E-state index >= 15 is 4.39 Å². The first-order valence-electron chi connectivity index (χ1n) is 17.8. The first-order valence-corrected chi connectivity index (χ1v) is 17.8. The molecule has 0 radical (unpaired) electrons. The van der Waals surface area contributed by atoms with Gasteiger partial charge >= 0.3 is 6.18 Å². The van der Waals surface area contributed by atoms with Crippen LogP contribution in [0.4, 0.5) is 27.6 Å². The van der Waals surface area contributed by atoms with Crippen molar-refractivity contribution in [2.45, 2.75) is 79.6 Å². The number of alkyl halides is 4. The van der Waals surface area contributed by atoms with Crippen molar-refractivity contribution >= 4 is 16.6 Å². The Kier molecular flexibility index (Phi) is 24.0. The van der Waals surface area contributed by atoms with Crippen LogP contribution in [0.25, 0.3) is 10.9 Å². The van der Waals surface area contributed by atoms with Crippen molar-refractivity contribution in [2.24, 2.45) is 11.7 Å². The van der Waals surface area contributed by atoms with Gasteiger partial charge in [0.2, 0.25) is 0 Å². The lowest BCUT2D eigenvalue weighted by Crippen LogP contribution is -2.44. The molecule has 53 heavy (non-hydrogen) atoms. The van der Waals surface area contributed by atoms with Crippen molar-refractivity contribution in [1.82, 2.24) is 9.47 Å². The van der Waals surface area contributed by atoms with Gasteiger partial charge in [-0.1, -0.05) is 63.1 Å². The number of nitrogens with zero attached hydrogens (tertiary/aromatic N) is 3. The smallest absolute Gasteiger partial charge is 0.385 e. The Labute approximate surface area is 314 Å². The van der Waals surface area contributed by atoms with Gasteiger partial charge in [-0.25, -0.2) is 4.39 Å². The van der Waals surface area contributed by atoms with Crippen molar-refractivity contribution in [3.05, 3.63) is 99.1 Å². The number of benzene rings is 2. The van der Waals surface area contributed by atoms with Crippen LogP contribution < -0.4 is 16.1 Å². The van der Waals surface area contributed by atoms with Crippen LogP contribution in [0.3, 0.4) is 0 Å². The van der Waals surface area contributed by atoms with Gasteiger partial charge in [0.05, 0.1) is 23.9 Å². The fraction of sp³-hybridized carbons (Fsp3) is 0.500. The van der Waals surface area contributed by atoms with Gasteiger partial charge in [0, 0.05) is 69.6 Å². The second-order valence-electron chi connectivity index (χ2n) is 13.1. The molecule has 6 nitrogen and oxygen atoms in total. The highest BCUT2D eigenvalue weighted by atomic mass is 19.4. The van der Waals surface area contributed by atoms with Gasteiger partial charge in [-0.15, -0.1) is 12.8 Å². The van der Waals surface area contributed by atoms with E-state index in [0.717, 1.165) is 50.6 Å². The standard InChI is InChI=1S/C24H26F4N4O.C10H18O.C5H12.C2H2.CH3F/c1-15(29)19-14-32(13-16-3-5-17(6-4-16)24(26,27)28)21-12-22(20(25)11-18(21)23(19)33)31-9-7-30(2)8-10-31;1-4-5-7-10(2)8-6-9-11-3;1-4-5(2)3;2*1-2/h3-6,11-12,14-15H,7-10,13,29H2,1-2H3;4-5,7H,6,8-9H2,1-3H3;5H,4H2,1-3H3;1-2H;1H3/b;5-4-,10-7+;;;. The molecule has 11 heteroatoms. The maximum atomic E-state index is 15.1. The van der Waals surface area contributed by atoms with Gasteiger partial charge in [-0.05, 0) is 76.4 Å². The van der Waals surface area contributed by atoms with Crippen molar-refractivity contribution in [2.75, 3.05) is 59.0 Å². The summed E-state index contributed by atoms with van der Waals surface area (Å²) in [5, 5.41) is 0.201. The summed E-state index contributed by atoms with van der Waals surface area (Å²) in [4.78, 5) is 17.1. The van der Waals surface area contributed by atoms with Gasteiger partial charge in [0.15, 0.2) is 5.43 Å². The Morgan fingerprint density at radius 3 is 2.08 bits per heavy atom. The SMILES string of the molecule is C#C.C/C=C\C=C(/C)CCCOC.CC(N)c1cn(Cc2ccc(C(F)(F)F)cc2)c2cc(N3CCN(C)CC3)c(F)cc2c1=O.CCC(C)C.CF. The molecule has 1 aliphatic rings. The molecule has 3 aromatic rings. The predicted molar refractivity (Wildman–Crippen MR) is 213 cm³/mol. The number of nitrogens with two attached hydrogens (primary N) is 1. The third-order valence-electron chi connectivity index (χ3n) is 8.45. The molecule has 0 saturated carbocycles. The lowest BCUT2D eigenvalue weighted by molar-refractivity contribution is -0.137. The normalized spacial score (nSPS) is 13.9. The predicted octanol–water partition coefficient (Wildman–Crippen LogP) is 9.80. The van der Waals surface area contributed by atoms with E-state index in [-0.39, 0.29) is 17.4 Å². The van der Waals surface area contributed by atoms with Gasteiger partial charge in [-0.3, -0.25) is 9.18 Å². The van der Waals surface area contributed by atoms with E-state index in [1.165, 1.54) is 30.2 Å². The zero-order chi connectivity index (χ0) is 40.7. The van der Waals surface area contributed by atoms with E-state index in [4.69, 9.17) is 10.5 Å². The highest BCUT2D eigenvalue weighted by Crippen LogP contribution is 2.30. The summed E-state index contributed by atoms with van der Waals surface area (Å²) in [6.07, 6.45) is 15.0. The molecule has 1 aliphatic heterocycles. The second kappa shape index (κ2) is 25.9. The first-order chi connectivity index (χ1) is 25.1. The molecule has 2 aromatic carbocycles. The number of hydrogen-bond donors (Lipinski definition) is 1. The van der Waals surface area contributed by atoms with Crippen LogP contribution in [0.5, 0.6) is 0 Å². The highest BCUT2D eigenvalue weighted by molar-refractivity contribution is 5.84. The fourth-order valence-corrected chi connectivity index (χ4v) is 5.00. The number of methoxy groups -OCH3 is 1. The van der Waals surface area contributed by atoms with Crippen LogP contribution in [0, 0.1) is 24.6 Å². The largest absolute Gasteiger partial charge is 0.416 e. The average molecular weight is 749 g/mol. The zero-order valence-electron chi connectivity index (χ0n) is 33.1. The Morgan fingerprint density at radius 2 is 1.60 bits per heavy atom. The molecule has 1 aromatic heterocycles. The van der Waals surface area contributed by atoms with Crippen LogP contribution in [-0.4, -0.2) is 63.6 Å². The number of ether oxygens (including phenoxy) is 1. The number of piperazine rings is 1. The van der Waals surface area contributed by atoms with Gasteiger partial charge in [0.1, 0.15) is 5.82 Å². The highest BCUT2D eigenvalue weighted by Gasteiger charge is 2.30. The zero-order valence-corrected chi connectivity index (χ0v) is 33.1. The molecule has 0 bridgehead atoms. The Hall–Kier alpha value is -3.98. The lowest BCUT2D eigenvalue weighted by Gasteiger charge is -2.34. The Bertz CT molecular complexity index is 1600. The molecule has 0 amide bonds. The third kappa shape index (κ3) is 17.1. The van der Waals surface area contributed by atoms with Crippen molar-refractivity contribution in [3.63, 3.8) is 0 Å². The number of anilines is 1. The number of likely N-dealkylation sites (N-methyl/N-ethyl adjacent to an activating group) is 1. The molecular formula is C42H61F5N4O2. The van der Waals surface area contributed by atoms with Crippen LogP contribution in [0.15, 0.2) is 71.2 Å². The molecular weight excluding hydrogens is 687 g/mol. The number of allylic oxidation sites excluding steroid dienone is 4. The second-order valence-corrected chi connectivity index (χ2v) is 13.1. The number of aromatic nitrogens is 1. The Balaban J connectivity index is 0.00000112. The molecule has 296 valence electrons. The number of pyridine rings is 1. The van der Waals surface area contributed by atoms with E-state index in [2.05, 4.69) is 57.6 Å². The molecule has 1 unspecified atom stereocenters.